The molecule has 0 aromatic carbocycles. The maximum Gasteiger partial charge on any atom is 0.237 e. The number of hydrogen-bond acceptors (Lipinski definition) is 6. The van der Waals surface area contributed by atoms with Gasteiger partial charge in [0, 0.05) is 0 Å². The molecule has 0 unspecified atom stereocenters. The van der Waals surface area contributed by atoms with Crippen molar-refractivity contribution in [3.05, 3.63) is 23.8 Å². The SMILES string of the molecule is CC(C)(C)[C@H]1COC(c2cnc(C3=N[C@@H](C(C)(C)C)CO3)cn2)=N1. The Labute approximate surface area is 143 Å². The maximum atomic E-state index is 5.69. The van der Waals surface area contributed by atoms with Crippen LogP contribution in [0, 0.1) is 10.8 Å². The second-order valence-corrected chi connectivity index (χ2v) is 8.54. The van der Waals surface area contributed by atoms with Crippen LogP contribution in [-0.4, -0.2) is 47.1 Å². The van der Waals surface area contributed by atoms with E-state index in [1.807, 2.05) is 0 Å². The van der Waals surface area contributed by atoms with Gasteiger partial charge >= 0.3 is 0 Å². The average Bonchev–Trinajstić information content (AvgIpc) is 3.16. The number of hydrogen-bond donors (Lipinski definition) is 0. The van der Waals surface area contributed by atoms with Gasteiger partial charge in [0.15, 0.2) is 0 Å². The summed E-state index contributed by atoms with van der Waals surface area (Å²) < 4.78 is 11.4. The summed E-state index contributed by atoms with van der Waals surface area (Å²) in [5, 5.41) is 0. The fourth-order valence-corrected chi connectivity index (χ4v) is 2.46. The van der Waals surface area contributed by atoms with E-state index in [9.17, 15) is 0 Å². The lowest BCUT2D eigenvalue weighted by Gasteiger charge is -2.21. The predicted molar refractivity (Wildman–Crippen MR) is 93.5 cm³/mol. The number of rotatable bonds is 2. The molecule has 130 valence electrons. The molecule has 1 aromatic rings. The molecule has 0 saturated carbocycles. The molecule has 2 aliphatic heterocycles. The molecule has 0 spiro atoms. The molecule has 0 saturated heterocycles. The van der Waals surface area contributed by atoms with E-state index in [1.165, 1.54) is 0 Å². The zero-order chi connectivity index (χ0) is 17.5. The van der Waals surface area contributed by atoms with Crippen molar-refractivity contribution in [1.82, 2.24) is 9.97 Å². The van der Waals surface area contributed by atoms with E-state index < -0.39 is 0 Å². The first-order valence-electron chi connectivity index (χ1n) is 8.38. The van der Waals surface area contributed by atoms with Gasteiger partial charge in [0.1, 0.15) is 24.6 Å². The number of ether oxygens (including phenoxy) is 2. The largest absolute Gasteiger partial charge is 0.474 e. The highest BCUT2D eigenvalue weighted by molar-refractivity contribution is 5.95. The molecular weight excluding hydrogens is 304 g/mol. The third-order valence-corrected chi connectivity index (χ3v) is 4.39. The molecule has 2 aliphatic rings. The Bertz CT molecular complexity index is 607. The molecule has 0 bridgehead atoms. The van der Waals surface area contributed by atoms with E-state index in [0.29, 0.717) is 36.4 Å². The molecule has 3 rings (SSSR count). The van der Waals surface area contributed by atoms with Crippen molar-refractivity contribution in [3.63, 3.8) is 0 Å². The van der Waals surface area contributed by atoms with Gasteiger partial charge in [-0.15, -0.1) is 0 Å². The second-order valence-electron chi connectivity index (χ2n) is 8.54. The fourth-order valence-electron chi connectivity index (χ4n) is 2.46. The summed E-state index contributed by atoms with van der Waals surface area (Å²) in [7, 11) is 0. The fraction of sp³-hybridized carbons (Fsp3) is 0.667. The average molecular weight is 330 g/mol. The van der Waals surface area contributed by atoms with Gasteiger partial charge < -0.3 is 9.47 Å². The molecule has 24 heavy (non-hydrogen) atoms. The molecule has 0 aliphatic carbocycles. The minimum atomic E-state index is 0.0729. The quantitative estimate of drug-likeness (QED) is 0.836. The van der Waals surface area contributed by atoms with E-state index >= 15 is 0 Å². The second kappa shape index (κ2) is 5.83. The number of aliphatic imine (C=N–C) groups is 2. The van der Waals surface area contributed by atoms with Crippen molar-refractivity contribution >= 4 is 11.8 Å². The normalized spacial score (nSPS) is 24.2. The summed E-state index contributed by atoms with van der Waals surface area (Å²) in [5.41, 5.74) is 1.44. The summed E-state index contributed by atoms with van der Waals surface area (Å²) >= 11 is 0. The topological polar surface area (TPSA) is 69.0 Å². The van der Waals surface area contributed by atoms with E-state index in [0.717, 1.165) is 0 Å². The van der Waals surface area contributed by atoms with Crippen molar-refractivity contribution in [3.8, 4) is 0 Å². The number of nitrogens with zero attached hydrogens (tertiary/aromatic N) is 4. The van der Waals surface area contributed by atoms with Crippen LogP contribution < -0.4 is 0 Å². The van der Waals surface area contributed by atoms with E-state index in [-0.39, 0.29) is 22.9 Å². The van der Waals surface area contributed by atoms with Crippen LogP contribution in [0.2, 0.25) is 0 Å². The van der Waals surface area contributed by atoms with E-state index in [2.05, 4.69) is 61.5 Å². The molecule has 0 fully saturated rings. The van der Waals surface area contributed by atoms with Gasteiger partial charge in [-0.1, -0.05) is 41.5 Å². The van der Waals surface area contributed by atoms with Crippen LogP contribution in [0.1, 0.15) is 52.9 Å². The Morgan fingerprint density at radius 2 is 1.12 bits per heavy atom. The van der Waals surface area contributed by atoms with Crippen LogP contribution in [0.5, 0.6) is 0 Å². The summed E-state index contributed by atoms with van der Waals surface area (Å²) in [5.74, 6) is 1.13. The van der Waals surface area contributed by atoms with Crippen LogP contribution in [0.3, 0.4) is 0 Å². The van der Waals surface area contributed by atoms with Crippen molar-refractivity contribution in [2.24, 2.45) is 20.8 Å². The lowest BCUT2D eigenvalue weighted by molar-refractivity contribution is 0.235. The van der Waals surface area contributed by atoms with Gasteiger partial charge in [-0.3, -0.25) is 0 Å². The first kappa shape index (κ1) is 16.9. The zero-order valence-electron chi connectivity index (χ0n) is 15.3. The smallest absolute Gasteiger partial charge is 0.237 e. The van der Waals surface area contributed by atoms with Crippen LogP contribution in [0.15, 0.2) is 22.4 Å². The Morgan fingerprint density at radius 3 is 1.38 bits per heavy atom. The predicted octanol–water partition coefficient (Wildman–Crippen LogP) is 2.86. The van der Waals surface area contributed by atoms with Crippen molar-refractivity contribution in [1.29, 1.82) is 0 Å². The lowest BCUT2D eigenvalue weighted by Crippen LogP contribution is -2.25. The summed E-state index contributed by atoms with van der Waals surface area (Å²) in [4.78, 5) is 18.1. The minimum absolute atomic E-state index is 0.0729. The van der Waals surface area contributed by atoms with Gasteiger partial charge in [-0.2, -0.15) is 0 Å². The first-order chi connectivity index (χ1) is 11.1. The summed E-state index contributed by atoms with van der Waals surface area (Å²) in [6.45, 7) is 14.1. The summed E-state index contributed by atoms with van der Waals surface area (Å²) in [6, 6.07) is 0.285. The molecule has 6 nitrogen and oxygen atoms in total. The van der Waals surface area contributed by atoms with Gasteiger partial charge in [-0.25, -0.2) is 20.0 Å². The third-order valence-electron chi connectivity index (χ3n) is 4.39. The third kappa shape index (κ3) is 3.42. The van der Waals surface area contributed by atoms with Gasteiger partial charge in [0.25, 0.3) is 0 Å². The van der Waals surface area contributed by atoms with Gasteiger partial charge in [-0.05, 0) is 10.8 Å². The van der Waals surface area contributed by atoms with Crippen molar-refractivity contribution in [2.45, 2.75) is 53.6 Å². The van der Waals surface area contributed by atoms with Crippen LogP contribution >= 0.6 is 0 Å². The minimum Gasteiger partial charge on any atom is -0.474 e. The van der Waals surface area contributed by atoms with Crippen LogP contribution in [0.25, 0.3) is 0 Å². The molecule has 1 aromatic heterocycles. The highest BCUT2D eigenvalue weighted by Crippen LogP contribution is 2.28. The zero-order valence-corrected chi connectivity index (χ0v) is 15.3. The van der Waals surface area contributed by atoms with Crippen LogP contribution in [0.4, 0.5) is 0 Å². The van der Waals surface area contributed by atoms with Crippen LogP contribution in [-0.2, 0) is 9.47 Å². The summed E-state index contributed by atoms with van der Waals surface area (Å²) in [6.07, 6.45) is 3.35. The Balaban J connectivity index is 1.76. The Hall–Kier alpha value is -1.98. The molecular formula is C18H26N4O2. The lowest BCUT2D eigenvalue weighted by atomic mass is 9.88. The Kier molecular flexibility index (Phi) is 4.10. The maximum absolute atomic E-state index is 5.69. The first-order valence-corrected chi connectivity index (χ1v) is 8.38. The van der Waals surface area contributed by atoms with Gasteiger partial charge in [0.2, 0.25) is 11.8 Å². The molecule has 6 heteroatoms. The molecule has 0 N–H and O–H groups in total. The highest BCUT2D eigenvalue weighted by Gasteiger charge is 2.32. The van der Waals surface area contributed by atoms with E-state index in [4.69, 9.17) is 9.47 Å². The number of aromatic nitrogens is 2. The van der Waals surface area contributed by atoms with Crippen molar-refractivity contribution in [2.75, 3.05) is 13.2 Å². The molecule has 0 radical (unpaired) electrons. The highest BCUT2D eigenvalue weighted by atomic mass is 16.5. The molecule has 0 amide bonds. The molecule has 3 heterocycles. The molecule has 2 atom stereocenters. The Morgan fingerprint density at radius 1 is 0.750 bits per heavy atom. The monoisotopic (exact) mass is 330 g/mol. The standard InChI is InChI=1S/C18H26N4O2/c1-17(2,3)13-9-23-15(21-13)11-7-20-12(8-19-11)16-22-14(10-24-16)18(4,5)6/h7-8,13-14H,9-10H2,1-6H3/t13-,14-/m1/s1. The van der Waals surface area contributed by atoms with E-state index in [1.54, 1.807) is 12.4 Å². The van der Waals surface area contributed by atoms with Gasteiger partial charge in [0.05, 0.1) is 24.5 Å². The van der Waals surface area contributed by atoms with Crippen molar-refractivity contribution < 1.29 is 9.47 Å².